The second-order valence-electron chi connectivity index (χ2n) is 6.73. The molecule has 29 heavy (non-hydrogen) atoms. The highest BCUT2D eigenvalue weighted by molar-refractivity contribution is 5.57. The molecule has 10 nitrogen and oxygen atoms in total. The van der Waals surface area contributed by atoms with Crippen LogP contribution in [0.2, 0.25) is 0 Å². The van der Waals surface area contributed by atoms with E-state index in [0.717, 1.165) is 30.2 Å². The lowest BCUT2D eigenvalue weighted by Crippen LogP contribution is -2.28. The monoisotopic (exact) mass is 410 g/mol. The number of aromatic amines is 2. The Morgan fingerprint density at radius 2 is 2.07 bits per heavy atom. The number of alkyl halides is 3. The van der Waals surface area contributed by atoms with Crippen molar-refractivity contribution in [3.63, 3.8) is 0 Å². The van der Waals surface area contributed by atoms with E-state index in [1.165, 1.54) is 12.3 Å². The van der Waals surface area contributed by atoms with Crippen LogP contribution in [-0.2, 0) is 0 Å². The van der Waals surface area contributed by atoms with Crippen molar-refractivity contribution >= 4 is 17.7 Å². The first-order valence-corrected chi connectivity index (χ1v) is 8.91. The van der Waals surface area contributed by atoms with E-state index in [1.807, 2.05) is 0 Å². The highest BCUT2D eigenvalue weighted by atomic mass is 19.4. The van der Waals surface area contributed by atoms with Gasteiger partial charge in [0.25, 0.3) is 5.62 Å². The molecule has 0 aliphatic heterocycles. The number of nitrogens with zero attached hydrogens (tertiary/aromatic N) is 5. The van der Waals surface area contributed by atoms with Gasteiger partial charge in [0.15, 0.2) is 5.65 Å². The number of aromatic nitrogens is 6. The zero-order chi connectivity index (χ0) is 20.6. The molecular formula is C16H17F3N8O2. The van der Waals surface area contributed by atoms with E-state index >= 15 is 0 Å². The van der Waals surface area contributed by atoms with Crippen molar-refractivity contribution in [1.82, 2.24) is 29.5 Å². The van der Waals surface area contributed by atoms with Crippen LogP contribution in [0.5, 0.6) is 5.88 Å². The molecule has 0 radical (unpaired) electrons. The summed E-state index contributed by atoms with van der Waals surface area (Å²) in [6, 6.07) is 0.133. The Morgan fingerprint density at radius 3 is 2.72 bits per heavy atom. The van der Waals surface area contributed by atoms with Gasteiger partial charge in [0, 0.05) is 11.3 Å². The maximum atomic E-state index is 12.7. The van der Waals surface area contributed by atoms with Gasteiger partial charge in [0.05, 0.1) is 6.20 Å². The van der Waals surface area contributed by atoms with Crippen molar-refractivity contribution in [2.45, 2.75) is 37.9 Å². The fourth-order valence-corrected chi connectivity index (χ4v) is 3.21. The Balaban J connectivity index is 1.86. The van der Waals surface area contributed by atoms with Gasteiger partial charge in [-0.15, -0.1) is 0 Å². The Bertz CT molecular complexity index is 1200. The lowest BCUT2D eigenvalue weighted by atomic mass is 10.2. The number of hydrogen-bond acceptors (Lipinski definition) is 7. The molecule has 1 fully saturated rings. The molecule has 4 N–H and O–H groups in total. The SMILES string of the molecule is O=c1[nH]c(O)c(C=c2cnn3c(=NCC(F)(F)F)nc(NC4CCCC4)nc23)[nH]1. The van der Waals surface area contributed by atoms with Crippen LogP contribution in [-0.4, -0.2) is 53.4 Å². The lowest BCUT2D eigenvalue weighted by molar-refractivity contribution is -0.118. The van der Waals surface area contributed by atoms with Crippen LogP contribution >= 0.6 is 0 Å². The van der Waals surface area contributed by atoms with Crippen LogP contribution in [0.1, 0.15) is 31.4 Å². The third-order valence-corrected chi connectivity index (χ3v) is 4.50. The summed E-state index contributed by atoms with van der Waals surface area (Å²) in [7, 11) is 0. The van der Waals surface area contributed by atoms with E-state index < -0.39 is 18.4 Å². The summed E-state index contributed by atoms with van der Waals surface area (Å²) in [4.78, 5) is 27.9. The standard InChI is InChI=1S/C16H17F3N8O2/c17-16(18,19)7-20-14-26-13(22-9-3-1-2-4-9)24-11-8(6-21-27(11)14)5-10-12(28)25-15(29)23-10/h5-6,9,28H,1-4,7H2,(H,20,22,26)(H2,23,25,29). The van der Waals surface area contributed by atoms with Gasteiger partial charge in [0.1, 0.15) is 12.2 Å². The van der Waals surface area contributed by atoms with Crippen LogP contribution in [0.4, 0.5) is 19.1 Å². The summed E-state index contributed by atoms with van der Waals surface area (Å²) in [6.07, 6.45) is 2.18. The molecular weight excluding hydrogens is 393 g/mol. The molecule has 1 aliphatic rings. The summed E-state index contributed by atoms with van der Waals surface area (Å²) in [5.74, 6) is -0.234. The summed E-state index contributed by atoms with van der Waals surface area (Å²) < 4.78 is 39.0. The second kappa shape index (κ2) is 7.22. The van der Waals surface area contributed by atoms with E-state index in [9.17, 15) is 23.1 Å². The number of rotatable bonds is 4. The number of halogens is 3. The summed E-state index contributed by atoms with van der Waals surface area (Å²) >= 11 is 0. The number of aromatic hydroxyl groups is 1. The number of hydrogen-bond donors (Lipinski definition) is 4. The molecule has 1 saturated carbocycles. The van der Waals surface area contributed by atoms with Crippen molar-refractivity contribution in [3.8, 4) is 5.88 Å². The Kier molecular flexibility index (Phi) is 4.72. The van der Waals surface area contributed by atoms with Crippen molar-refractivity contribution in [2.75, 3.05) is 11.9 Å². The Labute approximate surface area is 160 Å². The molecule has 3 aromatic heterocycles. The molecule has 3 heterocycles. The van der Waals surface area contributed by atoms with Crippen LogP contribution in [0, 0.1) is 0 Å². The zero-order valence-electron chi connectivity index (χ0n) is 15.0. The number of nitrogens with one attached hydrogen (secondary N) is 3. The maximum Gasteiger partial charge on any atom is 0.408 e. The first-order valence-electron chi connectivity index (χ1n) is 8.91. The molecule has 0 bridgehead atoms. The predicted octanol–water partition coefficient (Wildman–Crippen LogP) is 0.211. The molecule has 0 atom stereocenters. The van der Waals surface area contributed by atoms with E-state index in [4.69, 9.17) is 0 Å². The van der Waals surface area contributed by atoms with E-state index in [1.54, 1.807) is 0 Å². The molecule has 0 spiro atoms. The number of fused-ring (bicyclic) bond motifs is 1. The van der Waals surface area contributed by atoms with Crippen LogP contribution in [0.15, 0.2) is 16.0 Å². The quantitative estimate of drug-likeness (QED) is 0.486. The van der Waals surface area contributed by atoms with Crippen molar-refractivity contribution in [3.05, 3.63) is 33.2 Å². The van der Waals surface area contributed by atoms with Gasteiger partial charge in [-0.25, -0.2) is 9.79 Å². The third-order valence-electron chi connectivity index (χ3n) is 4.50. The van der Waals surface area contributed by atoms with E-state index in [0.29, 0.717) is 5.22 Å². The van der Waals surface area contributed by atoms with Crippen LogP contribution < -0.4 is 21.8 Å². The minimum Gasteiger partial charge on any atom is -0.493 e. The van der Waals surface area contributed by atoms with Crippen LogP contribution in [0.25, 0.3) is 11.7 Å². The topological polar surface area (TPSA) is 136 Å². The predicted molar refractivity (Wildman–Crippen MR) is 95.0 cm³/mol. The van der Waals surface area contributed by atoms with Gasteiger partial charge < -0.3 is 15.4 Å². The maximum absolute atomic E-state index is 12.7. The minimum absolute atomic E-state index is 0.0857. The zero-order valence-corrected chi connectivity index (χ0v) is 15.0. The molecule has 0 unspecified atom stereocenters. The lowest BCUT2D eigenvalue weighted by Gasteiger charge is -2.11. The highest BCUT2D eigenvalue weighted by Crippen LogP contribution is 2.20. The fourth-order valence-electron chi connectivity index (χ4n) is 3.21. The summed E-state index contributed by atoms with van der Waals surface area (Å²) in [6.45, 7) is -1.41. The van der Waals surface area contributed by atoms with Gasteiger partial charge in [-0.2, -0.15) is 32.8 Å². The smallest absolute Gasteiger partial charge is 0.408 e. The van der Waals surface area contributed by atoms with Crippen LogP contribution in [0.3, 0.4) is 0 Å². The normalized spacial score (nSPS) is 16.9. The molecule has 1 aliphatic carbocycles. The van der Waals surface area contributed by atoms with Crippen molar-refractivity contribution in [1.29, 1.82) is 0 Å². The first kappa shape index (κ1) is 19.0. The Hall–Kier alpha value is -3.38. The van der Waals surface area contributed by atoms with Gasteiger partial charge in [-0.1, -0.05) is 12.8 Å². The molecule has 0 saturated heterocycles. The number of H-pyrrole nitrogens is 2. The third kappa shape index (κ3) is 4.22. The average Bonchev–Trinajstić information content (AvgIpc) is 3.35. The van der Waals surface area contributed by atoms with Gasteiger partial charge in [-0.05, 0) is 18.9 Å². The second-order valence-corrected chi connectivity index (χ2v) is 6.73. The van der Waals surface area contributed by atoms with E-state index in [-0.39, 0.29) is 34.8 Å². The van der Waals surface area contributed by atoms with Gasteiger partial charge >= 0.3 is 11.9 Å². The number of imidazole rings is 1. The van der Waals surface area contributed by atoms with Gasteiger partial charge in [-0.3, -0.25) is 4.98 Å². The van der Waals surface area contributed by atoms with Gasteiger partial charge in [0.2, 0.25) is 11.8 Å². The molecule has 13 heteroatoms. The van der Waals surface area contributed by atoms with Crippen molar-refractivity contribution < 1.29 is 18.3 Å². The minimum atomic E-state index is -4.49. The largest absolute Gasteiger partial charge is 0.493 e. The molecule has 3 aromatic rings. The highest BCUT2D eigenvalue weighted by Gasteiger charge is 2.26. The average molecular weight is 410 g/mol. The summed E-state index contributed by atoms with van der Waals surface area (Å²) in [5.41, 5.74) is -0.589. The van der Waals surface area contributed by atoms with E-state index in [2.05, 4.69) is 35.3 Å². The molecule has 0 aromatic carbocycles. The molecule has 154 valence electrons. The first-order chi connectivity index (χ1) is 13.8. The number of anilines is 1. The molecule has 0 amide bonds. The Morgan fingerprint density at radius 1 is 1.31 bits per heavy atom. The summed E-state index contributed by atoms with van der Waals surface area (Å²) in [5, 5.41) is 17.2. The van der Waals surface area contributed by atoms with Crippen molar-refractivity contribution in [2.24, 2.45) is 4.99 Å². The molecule has 4 rings (SSSR count). The fraction of sp³-hybridized carbons (Fsp3) is 0.438.